The van der Waals surface area contributed by atoms with Crippen LogP contribution in [0.25, 0.3) is 0 Å². The molecule has 2 amide bonds. The molecular weight excluding hydrogens is 445 g/mol. The smallest absolute Gasteiger partial charge is 0.243 e. The van der Waals surface area contributed by atoms with Gasteiger partial charge in [-0.3, -0.25) is 9.59 Å². The van der Waals surface area contributed by atoms with Crippen molar-refractivity contribution in [3.63, 3.8) is 0 Å². The minimum Gasteiger partial charge on any atom is -0.352 e. The van der Waals surface area contributed by atoms with Gasteiger partial charge in [-0.05, 0) is 55.5 Å². The molecule has 1 saturated heterocycles. The number of benzene rings is 2. The highest BCUT2D eigenvalue weighted by Crippen LogP contribution is 2.25. The summed E-state index contributed by atoms with van der Waals surface area (Å²) >= 11 is 0. The Bertz CT molecular complexity index is 1080. The van der Waals surface area contributed by atoms with Gasteiger partial charge in [0.2, 0.25) is 21.8 Å². The van der Waals surface area contributed by atoms with Crippen LogP contribution in [0, 0.1) is 11.7 Å². The number of carbonyl (C=O) groups is 2. The zero-order chi connectivity index (χ0) is 23.4. The average molecular weight is 474 g/mol. The van der Waals surface area contributed by atoms with Crippen LogP contribution in [0.1, 0.15) is 31.2 Å². The number of amides is 2. The Morgan fingerprint density at radius 2 is 1.61 bits per heavy atom. The molecule has 33 heavy (non-hydrogen) atoms. The van der Waals surface area contributed by atoms with Crippen molar-refractivity contribution in [2.45, 2.75) is 49.1 Å². The summed E-state index contributed by atoms with van der Waals surface area (Å²) < 4.78 is 40.1. The summed E-state index contributed by atoms with van der Waals surface area (Å²) in [7, 11) is -3.74. The van der Waals surface area contributed by atoms with Gasteiger partial charge in [0.25, 0.3) is 0 Å². The van der Waals surface area contributed by atoms with Gasteiger partial charge in [0.1, 0.15) is 11.9 Å². The number of rotatable bonds is 8. The highest BCUT2D eigenvalue weighted by Gasteiger charge is 2.34. The Hall–Kier alpha value is -2.78. The van der Waals surface area contributed by atoms with E-state index in [-0.39, 0.29) is 41.8 Å². The molecule has 9 heteroatoms. The highest BCUT2D eigenvalue weighted by atomic mass is 32.2. The molecule has 2 N–H and O–H groups in total. The van der Waals surface area contributed by atoms with Crippen LogP contribution in [0.15, 0.2) is 59.5 Å². The van der Waals surface area contributed by atoms with Crippen molar-refractivity contribution in [3.05, 3.63) is 66.0 Å². The molecule has 0 aromatic heterocycles. The fourth-order valence-corrected chi connectivity index (χ4v) is 5.46. The van der Waals surface area contributed by atoms with Gasteiger partial charge in [-0.2, -0.15) is 4.31 Å². The van der Waals surface area contributed by atoms with Crippen LogP contribution in [0.3, 0.4) is 0 Å². The van der Waals surface area contributed by atoms with Crippen molar-refractivity contribution >= 4 is 21.8 Å². The van der Waals surface area contributed by atoms with Crippen molar-refractivity contribution in [2.24, 2.45) is 5.92 Å². The molecule has 2 fully saturated rings. The Balaban J connectivity index is 1.37. The molecule has 0 spiro atoms. The van der Waals surface area contributed by atoms with Gasteiger partial charge >= 0.3 is 0 Å². The second kappa shape index (κ2) is 10.0. The molecule has 7 nitrogen and oxygen atoms in total. The van der Waals surface area contributed by atoms with Crippen LogP contribution in [-0.4, -0.2) is 49.7 Å². The number of halogens is 1. The fourth-order valence-electron chi connectivity index (χ4n) is 3.99. The lowest BCUT2D eigenvalue weighted by Crippen LogP contribution is -2.51. The molecule has 2 aromatic carbocycles. The Kier molecular flexibility index (Phi) is 7.09. The predicted octanol–water partition coefficient (Wildman–Crippen LogP) is 2.23. The maximum absolute atomic E-state index is 13.1. The Morgan fingerprint density at radius 3 is 2.21 bits per heavy atom. The number of carbonyl (C=O) groups excluding carboxylic acids is 2. The van der Waals surface area contributed by atoms with Crippen LogP contribution in [-0.2, 0) is 26.0 Å². The van der Waals surface area contributed by atoms with Gasteiger partial charge in [-0.25, -0.2) is 12.8 Å². The zero-order valence-electron chi connectivity index (χ0n) is 18.2. The SMILES string of the molecule is O=C(NC(Cc1ccccc1)C(=O)NC1CC1)C1CCN(S(=O)(=O)c2ccc(F)cc2)CC1. The number of nitrogens with one attached hydrogen (secondary N) is 2. The lowest BCUT2D eigenvalue weighted by Gasteiger charge is -2.31. The van der Waals surface area contributed by atoms with Gasteiger partial charge < -0.3 is 10.6 Å². The number of hydrogen-bond donors (Lipinski definition) is 2. The first kappa shape index (κ1) is 23.4. The van der Waals surface area contributed by atoms with Crippen LogP contribution < -0.4 is 10.6 Å². The Labute approximate surface area is 193 Å². The molecule has 176 valence electrons. The van der Waals surface area contributed by atoms with Crippen molar-refractivity contribution in [3.8, 4) is 0 Å². The maximum Gasteiger partial charge on any atom is 0.243 e. The summed E-state index contributed by atoms with van der Waals surface area (Å²) in [6.45, 7) is 0.380. The predicted molar refractivity (Wildman–Crippen MR) is 121 cm³/mol. The molecule has 1 atom stereocenters. The summed E-state index contributed by atoms with van der Waals surface area (Å²) in [6.07, 6.45) is 3.02. The second-order valence-corrected chi connectivity index (χ2v) is 10.6. The molecule has 1 aliphatic carbocycles. The van der Waals surface area contributed by atoms with E-state index in [1.165, 1.54) is 16.4 Å². The van der Waals surface area contributed by atoms with Gasteiger partial charge in [0.15, 0.2) is 0 Å². The summed E-state index contributed by atoms with van der Waals surface area (Å²) in [6, 6.07) is 13.8. The zero-order valence-corrected chi connectivity index (χ0v) is 19.1. The van der Waals surface area contributed by atoms with E-state index in [4.69, 9.17) is 0 Å². The summed E-state index contributed by atoms with van der Waals surface area (Å²) in [5.41, 5.74) is 0.953. The lowest BCUT2D eigenvalue weighted by molar-refractivity contribution is -0.131. The molecule has 1 heterocycles. The van der Waals surface area contributed by atoms with Gasteiger partial charge in [-0.15, -0.1) is 0 Å². The molecular formula is C24H28FN3O4S. The first-order valence-corrected chi connectivity index (χ1v) is 12.7. The minimum absolute atomic E-state index is 0.0338. The van der Waals surface area contributed by atoms with E-state index in [0.29, 0.717) is 19.3 Å². The molecule has 0 bridgehead atoms. The first-order valence-electron chi connectivity index (χ1n) is 11.2. The largest absolute Gasteiger partial charge is 0.352 e. The maximum atomic E-state index is 13.1. The van der Waals surface area contributed by atoms with E-state index in [1.54, 1.807) is 0 Å². The minimum atomic E-state index is -3.74. The number of nitrogens with zero attached hydrogens (tertiary/aromatic N) is 1. The molecule has 1 unspecified atom stereocenters. The van der Waals surface area contributed by atoms with Gasteiger partial charge in [0, 0.05) is 31.5 Å². The highest BCUT2D eigenvalue weighted by molar-refractivity contribution is 7.89. The van der Waals surface area contributed by atoms with Crippen molar-refractivity contribution in [2.75, 3.05) is 13.1 Å². The van der Waals surface area contributed by atoms with E-state index in [9.17, 15) is 22.4 Å². The quantitative estimate of drug-likeness (QED) is 0.615. The van der Waals surface area contributed by atoms with Crippen molar-refractivity contribution < 1.29 is 22.4 Å². The molecule has 2 aliphatic rings. The van der Waals surface area contributed by atoms with Crippen LogP contribution in [0.2, 0.25) is 0 Å². The summed E-state index contributed by atoms with van der Waals surface area (Å²) in [5.74, 6) is -1.30. The van der Waals surface area contributed by atoms with E-state index >= 15 is 0 Å². The first-order chi connectivity index (χ1) is 15.8. The van der Waals surface area contributed by atoms with Crippen LogP contribution in [0.4, 0.5) is 4.39 Å². The molecule has 4 rings (SSSR count). The molecule has 0 radical (unpaired) electrons. The topological polar surface area (TPSA) is 95.6 Å². The third-order valence-corrected chi connectivity index (χ3v) is 8.03. The van der Waals surface area contributed by atoms with E-state index < -0.39 is 21.9 Å². The van der Waals surface area contributed by atoms with E-state index in [2.05, 4.69) is 10.6 Å². The molecule has 1 aliphatic heterocycles. The van der Waals surface area contributed by atoms with Crippen LogP contribution in [0.5, 0.6) is 0 Å². The normalized spacial score (nSPS) is 18.5. The van der Waals surface area contributed by atoms with Gasteiger partial charge in [0.05, 0.1) is 4.90 Å². The van der Waals surface area contributed by atoms with Crippen molar-refractivity contribution in [1.82, 2.24) is 14.9 Å². The molecule has 2 aromatic rings. The third-order valence-electron chi connectivity index (χ3n) is 6.12. The van der Waals surface area contributed by atoms with Crippen LogP contribution >= 0.6 is 0 Å². The van der Waals surface area contributed by atoms with E-state index in [1.807, 2.05) is 30.3 Å². The van der Waals surface area contributed by atoms with E-state index in [0.717, 1.165) is 30.5 Å². The monoisotopic (exact) mass is 473 g/mol. The van der Waals surface area contributed by atoms with Crippen molar-refractivity contribution in [1.29, 1.82) is 0 Å². The fraction of sp³-hybridized carbons (Fsp3) is 0.417. The lowest BCUT2D eigenvalue weighted by atomic mass is 9.96. The number of hydrogen-bond acceptors (Lipinski definition) is 4. The number of sulfonamides is 1. The standard InChI is InChI=1S/C24H28FN3O4S/c25-19-6-10-21(11-7-19)33(31,32)28-14-12-18(13-15-28)23(29)27-22(24(30)26-20-8-9-20)16-17-4-2-1-3-5-17/h1-7,10-11,18,20,22H,8-9,12-16H2,(H,26,30)(H,27,29). The average Bonchev–Trinajstić information content (AvgIpc) is 3.63. The Morgan fingerprint density at radius 1 is 0.970 bits per heavy atom. The second-order valence-electron chi connectivity index (χ2n) is 8.67. The van der Waals surface area contributed by atoms with Gasteiger partial charge in [-0.1, -0.05) is 30.3 Å². The summed E-state index contributed by atoms with van der Waals surface area (Å²) in [4.78, 5) is 25.7. The number of piperidine rings is 1. The molecule has 1 saturated carbocycles. The third kappa shape index (κ3) is 5.97. The summed E-state index contributed by atoms with van der Waals surface area (Å²) in [5, 5.41) is 5.86.